The van der Waals surface area contributed by atoms with Gasteiger partial charge in [0.25, 0.3) is 11.4 Å². The summed E-state index contributed by atoms with van der Waals surface area (Å²) in [5.74, 6) is -0.851. The molecule has 0 saturated heterocycles. The van der Waals surface area contributed by atoms with Crippen LogP contribution in [0.3, 0.4) is 0 Å². The molecule has 0 spiro atoms. The lowest BCUT2D eigenvalue weighted by Gasteiger charge is -2.04. The Labute approximate surface area is 228 Å². The SMILES string of the molecule is Nc1cc(F)cc(Cl)c1.O=[N+]([O-])c1ccccc1Br.O=[N+]([O-])c1ccccc1Cc1cc(F)cc(Cl)c1. The third-order valence-electron chi connectivity index (χ3n) is 4.44. The summed E-state index contributed by atoms with van der Waals surface area (Å²) in [4.78, 5) is 20.2. The third kappa shape index (κ3) is 10.1. The van der Waals surface area contributed by atoms with Crippen LogP contribution in [0.2, 0.25) is 10.0 Å². The van der Waals surface area contributed by atoms with E-state index < -0.39 is 21.5 Å². The zero-order valence-electron chi connectivity index (χ0n) is 18.8. The first-order valence-corrected chi connectivity index (χ1v) is 11.8. The van der Waals surface area contributed by atoms with Gasteiger partial charge < -0.3 is 5.73 Å². The number of hydrogen-bond acceptors (Lipinski definition) is 5. The fourth-order valence-corrected chi connectivity index (χ4v) is 3.85. The Kier molecular flexibility index (Phi) is 11.4. The molecule has 0 aliphatic heterocycles. The second-order valence-electron chi connectivity index (χ2n) is 7.25. The van der Waals surface area contributed by atoms with Crippen LogP contribution in [0.5, 0.6) is 0 Å². The molecule has 0 radical (unpaired) electrons. The molecule has 12 heteroatoms. The van der Waals surface area contributed by atoms with Gasteiger partial charge in [-0.3, -0.25) is 20.2 Å². The highest BCUT2D eigenvalue weighted by Gasteiger charge is 2.13. The quantitative estimate of drug-likeness (QED) is 0.141. The topological polar surface area (TPSA) is 112 Å². The van der Waals surface area contributed by atoms with Crippen LogP contribution < -0.4 is 5.73 Å². The standard InChI is InChI=1S/C13H9ClFNO2.C6H4BrNO2.C6H5ClFN/c14-11-6-9(7-12(15)8-11)5-10-3-1-2-4-13(10)16(17)18;7-5-3-1-2-4-6(5)8(9)10;7-4-1-5(8)3-6(9)2-4/h1-4,6-8H,5H2;1-4H;1-3H,9H2. The molecule has 7 nitrogen and oxygen atoms in total. The number of hydrogen-bond donors (Lipinski definition) is 1. The van der Waals surface area contributed by atoms with Gasteiger partial charge in [-0.25, -0.2) is 8.78 Å². The van der Waals surface area contributed by atoms with E-state index >= 15 is 0 Å². The number of para-hydroxylation sites is 2. The minimum atomic E-state index is -0.448. The minimum Gasteiger partial charge on any atom is -0.399 e. The maximum absolute atomic E-state index is 13.2. The molecule has 4 rings (SSSR count). The molecule has 4 aromatic carbocycles. The normalized spacial score (nSPS) is 9.86. The molecule has 0 heterocycles. The van der Waals surface area contributed by atoms with Crippen molar-refractivity contribution in [3.8, 4) is 0 Å². The first kappa shape index (κ1) is 29.6. The number of rotatable bonds is 4. The number of benzene rings is 4. The molecule has 0 fully saturated rings. The van der Waals surface area contributed by atoms with E-state index in [2.05, 4.69) is 15.9 Å². The number of nitro groups is 2. The minimum absolute atomic E-state index is 0.0258. The summed E-state index contributed by atoms with van der Waals surface area (Å²) in [6.07, 6.45) is 0.272. The predicted octanol–water partition coefficient (Wildman–Crippen LogP) is 8.40. The van der Waals surface area contributed by atoms with Gasteiger partial charge in [0.05, 0.1) is 14.3 Å². The van der Waals surface area contributed by atoms with E-state index in [4.69, 9.17) is 28.9 Å². The second-order valence-corrected chi connectivity index (χ2v) is 8.98. The summed E-state index contributed by atoms with van der Waals surface area (Å²) in [5, 5.41) is 21.7. The number of anilines is 1. The molecule has 37 heavy (non-hydrogen) atoms. The molecule has 192 valence electrons. The molecule has 0 aliphatic carbocycles. The lowest BCUT2D eigenvalue weighted by molar-refractivity contribution is -0.385. The average Bonchev–Trinajstić information content (AvgIpc) is 2.79. The second kappa shape index (κ2) is 14.2. The van der Waals surface area contributed by atoms with Crippen molar-refractivity contribution in [2.24, 2.45) is 0 Å². The van der Waals surface area contributed by atoms with Crippen molar-refractivity contribution in [1.29, 1.82) is 0 Å². The summed E-state index contributed by atoms with van der Waals surface area (Å²) >= 11 is 14.2. The summed E-state index contributed by atoms with van der Waals surface area (Å²) in [5.41, 5.74) is 6.85. The zero-order chi connectivity index (χ0) is 27.5. The van der Waals surface area contributed by atoms with Crippen molar-refractivity contribution < 1.29 is 18.6 Å². The lowest BCUT2D eigenvalue weighted by atomic mass is 10.0. The molecule has 2 N–H and O–H groups in total. The number of nitrogen functional groups attached to an aromatic ring is 1. The Bertz CT molecular complexity index is 1340. The van der Waals surface area contributed by atoms with E-state index in [1.54, 1.807) is 42.5 Å². The first-order valence-electron chi connectivity index (χ1n) is 10.2. The largest absolute Gasteiger partial charge is 0.399 e. The maximum Gasteiger partial charge on any atom is 0.283 e. The van der Waals surface area contributed by atoms with Crippen LogP contribution in [-0.4, -0.2) is 9.85 Å². The smallest absolute Gasteiger partial charge is 0.283 e. The summed E-state index contributed by atoms with van der Waals surface area (Å²) in [6, 6.07) is 20.9. The lowest BCUT2D eigenvalue weighted by Crippen LogP contribution is -1.96. The molecule has 0 saturated carbocycles. The van der Waals surface area contributed by atoms with Crippen LogP contribution in [0.4, 0.5) is 25.8 Å². The van der Waals surface area contributed by atoms with Gasteiger partial charge in [0, 0.05) is 39.8 Å². The fourth-order valence-electron chi connectivity index (χ4n) is 2.95. The third-order valence-corrected chi connectivity index (χ3v) is 5.55. The Balaban J connectivity index is 0.000000214. The van der Waals surface area contributed by atoms with Gasteiger partial charge in [0.2, 0.25) is 0 Å². The van der Waals surface area contributed by atoms with Crippen LogP contribution in [-0.2, 0) is 6.42 Å². The van der Waals surface area contributed by atoms with Crippen molar-refractivity contribution in [3.63, 3.8) is 0 Å². The summed E-state index contributed by atoms with van der Waals surface area (Å²) < 4.78 is 25.9. The Morgan fingerprint density at radius 2 is 1.27 bits per heavy atom. The Hall–Kier alpha value is -3.60. The monoisotopic (exact) mass is 611 g/mol. The summed E-state index contributed by atoms with van der Waals surface area (Å²) in [7, 11) is 0. The van der Waals surface area contributed by atoms with Crippen molar-refractivity contribution in [2.75, 3.05) is 5.73 Å². The highest BCUT2D eigenvalue weighted by molar-refractivity contribution is 9.10. The Morgan fingerprint density at radius 1 is 0.757 bits per heavy atom. The predicted molar refractivity (Wildman–Crippen MR) is 144 cm³/mol. The van der Waals surface area contributed by atoms with Gasteiger partial charge in [-0.15, -0.1) is 0 Å². The van der Waals surface area contributed by atoms with E-state index in [1.165, 1.54) is 42.5 Å². The highest BCUT2D eigenvalue weighted by atomic mass is 79.9. The number of nitro benzene ring substituents is 2. The first-order chi connectivity index (χ1) is 17.5. The van der Waals surface area contributed by atoms with Crippen LogP contribution in [0, 0.1) is 31.9 Å². The van der Waals surface area contributed by atoms with Gasteiger partial charge in [-0.2, -0.15) is 0 Å². The molecular weight excluding hydrogens is 595 g/mol. The van der Waals surface area contributed by atoms with Gasteiger partial charge in [0.1, 0.15) is 11.6 Å². The van der Waals surface area contributed by atoms with Gasteiger partial charge >= 0.3 is 0 Å². The van der Waals surface area contributed by atoms with Gasteiger partial charge in [-0.1, -0.05) is 53.5 Å². The van der Waals surface area contributed by atoms with Crippen molar-refractivity contribution >= 4 is 56.2 Å². The van der Waals surface area contributed by atoms with Crippen molar-refractivity contribution in [3.05, 3.63) is 142 Å². The van der Waals surface area contributed by atoms with Crippen LogP contribution in [0.15, 0.2) is 89.4 Å². The number of nitrogens with two attached hydrogens (primary N) is 1. The molecular formula is C25H18BrCl2F2N3O4. The van der Waals surface area contributed by atoms with Crippen LogP contribution in [0.25, 0.3) is 0 Å². The molecule has 0 aliphatic rings. The van der Waals surface area contributed by atoms with Gasteiger partial charge in [0.15, 0.2) is 0 Å². The van der Waals surface area contributed by atoms with Crippen LogP contribution >= 0.6 is 39.1 Å². The zero-order valence-corrected chi connectivity index (χ0v) is 21.9. The van der Waals surface area contributed by atoms with E-state index in [0.29, 0.717) is 26.3 Å². The van der Waals surface area contributed by atoms with E-state index in [0.717, 1.165) is 0 Å². The van der Waals surface area contributed by atoms with E-state index in [-0.39, 0.29) is 22.8 Å². The molecule has 0 bridgehead atoms. The maximum atomic E-state index is 13.2. The summed E-state index contributed by atoms with van der Waals surface area (Å²) in [6.45, 7) is 0. The molecule has 0 aromatic heterocycles. The molecule has 0 amide bonds. The number of halogens is 5. The van der Waals surface area contributed by atoms with E-state index in [9.17, 15) is 29.0 Å². The van der Waals surface area contributed by atoms with Gasteiger partial charge in [-0.05, 0) is 64.0 Å². The number of nitrogens with zero attached hydrogens (tertiary/aromatic N) is 2. The van der Waals surface area contributed by atoms with Crippen molar-refractivity contribution in [2.45, 2.75) is 6.42 Å². The molecule has 4 aromatic rings. The average molecular weight is 613 g/mol. The van der Waals surface area contributed by atoms with Crippen molar-refractivity contribution in [1.82, 2.24) is 0 Å². The highest BCUT2D eigenvalue weighted by Crippen LogP contribution is 2.24. The molecule has 0 atom stereocenters. The molecule has 0 unspecified atom stereocenters. The van der Waals surface area contributed by atoms with Crippen LogP contribution in [0.1, 0.15) is 11.1 Å². The van der Waals surface area contributed by atoms with E-state index in [1.807, 2.05) is 0 Å². The fraction of sp³-hybridized carbons (Fsp3) is 0.0400. The Morgan fingerprint density at radius 3 is 1.76 bits per heavy atom.